The maximum atomic E-state index is 10.8. The van der Waals surface area contributed by atoms with Gasteiger partial charge in [-0.25, -0.2) is 4.98 Å². The van der Waals surface area contributed by atoms with E-state index in [1.165, 1.54) is 12.1 Å². The average molecular weight is 352 g/mol. The van der Waals surface area contributed by atoms with Crippen LogP contribution in [-0.4, -0.2) is 21.5 Å². The smallest absolute Gasteiger partial charge is 0.271 e. The fourth-order valence-electron chi connectivity index (χ4n) is 2.23. The molecule has 0 bridgehead atoms. The molecule has 6 nitrogen and oxygen atoms in total. The van der Waals surface area contributed by atoms with Crippen LogP contribution in [0.4, 0.5) is 5.69 Å². The summed E-state index contributed by atoms with van der Waals surface area (Å²) in [6.45, 7) is 2.29. The number of imidazole rings is 1. The predicted molar refractivity (Wildman–Crippen MR) is 89.4 cm³/mol. The SMILES string of the molecule is CCOc1c(Cl)cc(-c2nc3ccc([N+](=O)[O-])cc3[nH]2)cc1Cl. The van der Waals surface area contributed by atoms with E-state index in [1.807, 2.05) is 6.92 Å². The van der Waals surface area contributed by atoms with Crippen LogP contribution < -0.4 is 4.74 Å². The van der Waals surface area contributed by atoms with Crippen molar-refractivity contribution in [1.29, 1.82) is 0 Å². The second-order valence-corrected chi connectivity index (χ2v) is 5.56. The third-order valence-electron chi connectivity index (χ3n) is 3.24. The summed E-state index contributed by atoms with van der Waals surface area (Å²) >= 11 is 12.4. The Hall–Kier alpha value is -2.31. The molecule has 0 amide bonds. The topological polar surface area (TPSA) is 81.1 Å². The molecule has 0 radical (unpaired) electrons. The van der Waals surface area contributed by atoms with Crippen LogP contribution in [0.15, 0.2) is 30.3 Å². The van der Waals surface area contributed by atoms with E-state index in [2.05, 4.69) is 9.97 Å². The normalized spacial score (nSPS) is 10.9. The lowest BCUT2D eigenvalue weighted by atomic mass is 10.2. The fraction of sp³-hybridized carbons (Fsp3) is 0.133. The molecule has 0 fully saturated rings. The second kappa shape index (κ2) is 6.06. The van der Waals surface area contributed by atoms with Crippen molar-refractivity contribution >= 4 is 39.9 Å². The minimum absolute atomic E-state index is 0.00421. The van der Waals surface area contributed by atoms with Crippen molar-refractivity contribution in [2.24, 2.45) is 0 Å². The molecular weight excluding hydrogens is 341 g/mol. The molecule has 1 aromatic heterocycles. The fourth-order valence-corrected chi connectivity index (χ4v) is 2.82. The minimum atomic E-state index is -0.454. The summed E-state index contributed by atoms with van der Waals surface area (Å²) in [5, 5.41) is 11.6. The maximum absolute atomic E-state index is 10.8. The molecule has 3 aromatic rings. The number of hydrogen-bond acceptors (Lipinski definition) is 4. The van der Waals surface area contributed by atoms with Crippen LogP contribution in [0.5, 0.6) is 5.75 Å². The Kier molecular flexibility index (Phi) is 4.11. The van der Waals surface area contributed by atoms with E-state index in [-0.39, 0.29) is 5.69 Å². The van der Waals surface area contributed by atoms with Crippen LogP contribution in [0.3, 0.4) is 0 Å². The van der Waals surface area contributed by atoms with Gasteiger partial charge in [0.05, 0.1) is 32.6 Å². The Balaban J connectivity index is 2.08. The Bertz CT molecular complexity index is 885. The number of benzene rings is 2. The number of rotatable bonds is 4. The zero-order valence-corrected chi connectivity index (χ0v) is 13.5. The van der Waals surface area contributed by atoms with E-state index in [4.69, 9.17) is 27.9 Å². The number of nitro groups is 1. The molecule has 0 aliphatic carbocycles. The number of fused-ring (bicyclic) bond motifs is 1. The highest BCUT2D eigenvalue weighted by Crippen LogP contribution is 2.37. The van der Waals surface area contributed by atoms with Gasteiger partial charge in [-0.05, 0) is 25.1 Å². The van der Waals surface area contributed by atoms with Crippen molar-refractivity contribution in [1.82, 2.24) is 9.97 Å². The van der Waals surface area contributed by atoms with Gasteiger partial charge in [0.15, 0.2) is 5.75 Å². The van der Waals surface area contributed by atoms with E-state index >= 15 is 0 Å². The van der Waals surface area contributed by atoms with Crippen molar-refractivity contribution in [3.8, 4) is 17.1 Å². The van der Waals surface area contributed by atoms with E-state index in [0.717, 1.165) is 0 Å². The summed E-state index contributed by atoms with van der Waals surface area (Å²) in [4.78, 5) is 17.8. The number of nitrogens with one attached hydrogen (secondary N) is 1. The highest BCUT2D eigenvalue weighted by molar-refractivity contribution is 6.37. The Morgan fingerprint density at radius 1 is 1.26 bits per heavy atom. The number of nitro benzene ring substituents is 1. The quantitative estimate of drug-likeness (QED) is 0.538. The van der Waals surface area contributed by atoms with E-state index in [1.54, 1.807) is 18.2 Å². The van der Waals surface area contributed by atoms with Crippen molar-refractivity contribution < 1.29 is 9.66 Å². The molecule has 0 aliphatic rings. The van der Waals surface area contributed by atoms with Gasteiger partial charge < -0.3 is 9.72 Å². The maximum Gasteiger partial charge on any atom is 0.271 e. The van der Waals surface area contributed by atoms with Crippen LogP contribution in [0.1, 0.15) is 6.92 Å². The van der Waals surface area contributed by atoms with Crippen LogP contribution in [0.25, 0.3) is 22.4 Å². The van der Waals surface area contributed by atoms with Gasteiger partial charge in [0.1, 0.15) is 5.82 Å². The zero-order valence-electron chi connectivity index (χ0n) is 12.0. The molecule has 118 valence electrons. The lowest BCUT2D eigenvalue weighted by Gasteiger charge is -2.09. The van der Waals surface area contributed by atoms with E-state index in [0.29, 0.717) is 44.8 Å². The van der Waals surface area contributed by atoms with Gasteiger partial charge in [-0.1, -0.05) is 23.2 Å². The van der Waals surface area contributed by atoms with Crippen molar-refractivity contribution in [2.45, 2.75) is 6.92 Å². The van der Waals surface area contributed by atoms with Crippen LogP contribution in [0.2, 0.25) is 10.0 Å². The van der Waals surface area contributed by atoms with E-state index in [9.17, 15) is 10.1 Å². The molecule has 0 saturated heterocycles. The first-order chi connectivity index (χ1) is 11.0. The predicted octanol–water partition coefficient (Wildman–Crippen LogP) is 4.84. The summed E-state index contributed by atoms with van der Waals surface area (Å²) in [6.07, 6.45) is 0. The minimum Gasteiger partial charge on any atom is -0.491 e. The third kappa shape index (κ3) is 2.95. The summed E-state index contributed by atoms with van der Waals surface area (Å²) in [6, 6.07) is 7.80. The Labute approximate surface area is 141 Å². The molecule has 8 heteroatoms. The highest BCUT2D eigenvalue weighted by atomic mass is 35.5. The summed E-state index contributed by atoms with van der Waals surface area (Å²) in [7, 11) is 0. The average Bonchev–Trinajstić information content (AvgIpc) is 2.93. The first-order valence-electron chi connectivity index (χ1n) is 6.76. The van der Waals surface area contributed by atoms with Gasteiger partial charge in [-0.3, -0.25) is 10.1 Å². The molecule has 23 heavy (non-hydrogen) atoms. The Morgan fingerprint density at radius 3 is 2.57 bits per heavy atom. The number of aromatic nitrogens is 2. The second-order valence-electron chi connectivity index (χ2n) is 4.75. The number of non-ortho nitro benzene ring substituents is 1. The molecule has 0 aliphatic heterocycles. The molecule has 3 rings (SSSR count). The molecule has 1 N–H and O–H groups in total. The third-order valence-corrected chi connectivity index (χ3v) is 3.80. The van der Waals surface area contributed by atoms with Crippen molar-refractivity contribution in [2.75, 3.05) is 6.61 Å². The number of ether oxygens (including phenoxy) is 1. The number of hydrogen-bond donors (Lipinski definition) is 1. The van der Waals surface area contributed by atoms with Crippen molar-refractivity contribution in [3.05, 3.63) is 50.5 Å². The van der Waals surface area contributed by atoms with Crippen LogP contribution >= 0.6 is 23.2 Å². The van der Waals surface area contributed by atoms with Gasteiger partial charge in [-0.2, -0.15) is 0 Å². The molecule has 0 spiro atoms. The lowest BCUT2D eigenvalue weighted by Crippen LogP contribution is -1.94. The van der Waals surface area contributed by atoms with Gasteiger partial charge >= 0.3 is 0 Å². The first kappa shape index (κ1) is 15.6. The van der Waals surface area contributed by atoms with Gasteiger partial charge in [0.25, 0.3) is 5.69 Å². The zero-order chi connectivity index (χ0) is 16.6. The largest absolute Gasteiger partial charge is 0.491 e. The Morgan fingerprint density at radius 2 is 1.96 bits per heavy atom. The molecule has 0 saturated carbocycles. The molecule has 0 unspecified atom stereocenters. The van der Waals surface area contributed by atoms with Crippen LogP contribution in [-0.2, 0) is 0 Å². The summed E-state index contributed by atoms with van der Waals surface area (Å²) in [5.74, 6) is 0.943. The van der Waals surface area contributed by atoms with Gasteiger partial charge in [-0.15, -0.1) is 0 Å². The summed E-state index contributed by atoms with van der Waals surface area (Å²) < 4.78 is 5.39. The van der Waals surface area contributed by atoms with Gasteiger partial charge in [0.2, 0.25) is 0 Å². The van der Waals surface area contributed by atoms with E-state index < -0.39 is 4.92 Å². The van der Waals surface area contributed by atoms with Crippen LogP contribution in [0, 0.1) is 10.1 Å². The number of halogens is 2. The van der Waals surface area contributed by atoms with Gasteiger partial charge in [0, 0.05) is 17.7 Å². The first-order valence-corrected chi connectivity index (χ1v) is 7.51. The number of aromatic amines is 1. The molecule has 1 heterocycles. The molecule has 2 aromatic carbocycles. The summed E-state index contributed by atoms with van der Waals surface area (Å²) in [5.41, 5.74) is 1.85. The van der Waals surface area contributed by atoms with Crippen molar-refractivity contribution in [3.63, 3.8) is 0 Å². The lowest BCUT2D eigenvalue weighted by molar-refractivity contribution is -0.384. The highest BCUT2D eigenvalue weighted by Gasteiger charge is 2.14. The monoisotopic (exact) mass is 351 g/mol. The molecule has 0 atom stereocenters. The molecular formula is C15H11Cl2N3O3. The number of H-pyrrole nitrogens is 1. The standard InChI is InChI=1S/C15H11Cl2N3O3/c1-2-23-14-10(16)5-8(6-11(14)17)15-18-12-4-3-9(20(21)22)7-13(12)19-15/h3-7H,2H2,1H3,(H,18,19). The number of nitrogens with zero attached hydrogens (tertiary/aromatic N) is 2.